The van der Waals surface area contributed by atoms with Crippen molar-refractivity contribution in [1.82, 2.24) is 9.88 Å². The van der Waals surface area contributed by atoms with E-state index in [4.69, 9.17) is 20.8 Å². The third-order valence-corrected chi connectivity index (χ3v) is 3.96. The van der Waals surface area contributed by atoms with Gasteiger partial charge in [0.25, 0.3) is 0 Å². The molecule has 1 heterocycles. The van der Waals surface area contributed by atoms with Crippen molar-refractivity contribution in [2.45, 2.75) is 39.3 Å². The summed E-state index contributed by atoms with van der Waals surface area (Å²) in [5.41, 5.74) is 0.930. The van der Waals surface area contributed by atoms with Gasteiger partial charge in [-0.1, -0.05) is 25.4 Å². The molecule has 1 aromatic carbocycles. The number of hydrogen-bond donors (Lipinski definition) is 1. The first-order valence-corrected chi connectivity index (χ1v) is 8.35. The van der Waals surface area contributed by atoms with E-state index in [-0.39, 0.29) is 24.8 Å². The van der Waals surface area contributed by atoms with E-state index in [0.717, 1.165) is 0 Å². The number of rotatable bonds is 7. The smallest absolute Gasteiger partial charge is 0.419 e. The Bertz CT molecular complexity index is 824. The van der Waals surface area contributed by atoms with Gasteiger partial charge in [-0.25, -0.2) is 9.59 Å². The van der Waals surface area contributed by atoms with Crippen LogP contribution in [0, 0.1) is 5.92 Å². The molecule has 0 spiro atoms. The minimum absolute atomic E-state index is 0.0305. The number of halogens is 1. The minimum Gasteiger partial charge on any atom is -0.467 e. The summed E-state index contributed by atoms with van der Waals surface area (Å²) in [4.78, 5) is 35.9. The molecule has 1 atom stereocenters. The highest BCUT2D eigenvalue weighted by Crippen LogP contribution is 2.18. The molecule has 8 heteroatoms. The van der Waals surface area contributed by atoms with Crippen molar-refractivity contribution in [3.8, 4) is 0 Å². The molecule has 1 amide bonds. The molecule has 1 aromatic heterocycles. The standard InChI is InChI=1S/C17H21ClN2O5/c1-10(2)8-12(16(22)24-3)19-15(21)6-7-20-13-5-4-11(18)9-14(13)25-17(20)23/h4-5,9-10,12H,6-8H2,1-3H3,(H,19,21). The Kier molecular flexibility index (Phi) is 6.25. The molecule has 0 aliphatic rings. The highest BCUT2D eigenvalue weighted by Gasteiger charge is 2.22. The zero-order valence-electron chi connectivity index (χ0n) is 14.4. The molecule has 0 bridgehead atoms. The van der Waals surface area contributed by atoms with Crippen LogP contribution < -0.4 is 11.1 Å². The van der Waals surface area contributed by atoms with Gasteiger partial charge in [-0.2, -0.15) is 0 Å². The van der Waals surface area contributed by atoms with Crippen molar-refractivity contribution >= 4 is 34.6 Å². The van der Waals surface area contributed by atoms with Gasteiger partial charge in [0.1, 0.15) is 6.04 Å². The summed E-state index contributed by atoms with van der Waals surface area (Å²) in [6.07, 6.45) is 0.508. The molecule has 7 nitrogen and oxygen atoms in total. The van der Waals surface area contributed by atoms with E-state index in [1.165, 1.54) is 11.7 Å². The summed E-state index contributed by atoms with van der Waals surface area (Å²) < 4.78 is 11.2. The van der Waals surface area contributed by atoms with Crippen molar-refractivity contribution in [2.24, 2.45) is 5.92 Å². The van der Waals surface area contributed by atoms with Gasteiger partial charge in [0.15, 0.2) is 5.58 Å². The van der Waals surface area contributed by atoms with E-state index in [1.54, 1.807) is 18.2 Å². The number of fused-ring (bicyclic) bond motifs is 1. The molecule has 2 rings (SSSR count). The normalized spacial score (nSPS) is 12.4. The summed E-state index contributed by atoms with van der Waals surface area (Å²) >= 11 is 5.87. The SMILES string of the molecule is COC(=O)C(CC(C)C)NC(=O)CCn1c(=O)oc2cc(Cl)ccc21. The molecule has 136 valence electrons. The van der Waals surface area contributed by atoms with Gasteiger partial charge in [0.2, 0.25) is 5.91 Å². The average Bonchev–Trinajstić information content (AvgIpc) is 2.85. The Morgan fingerprint density at radius 3 is 2.72 bits per heavy atom. The fourth-order valence-corrected chi connectivity index (χ4v) is 2.72. The summed E-state index contributed by atoms with van der Waals surface area (Å²) in [6, 6.07) is 4.15. The number of carbonyl (C=O) groups excluding carboxylic acids is 2. The van der Waals surface area contributed by atoms with Crippen LogP contribution in [0.15, 0.2) is 27.4 Å². The quantitative estimate of drug-likeness (QED) is 0.757. The summed E-state index contributed by atoms with van der Waals surface area (Å²) in [6.45, 7) is 4.03. The number of methoxy groups -OCH3 is 1. The van der Waals surface area contributed by atoms with Crippen LogP contribution in [-0.2, 0) is 20.9 Å². The van der Waals surface area contributed by atoms with Crippen molar-refractivity contribution in [3.05, 3.63) is 33.8 Å². The predicted octanol–water partition coefficient (Wildman–Crippen LogP) is 2.34. The summed E-state index contributed by atoms with van der Waals surface area (Å²) in [5.74, 6) is -1.17. The number of aromatic nitrogens is 1. The molecule has 0 saturated carbocycles. The summed E-state index contributed by atoms with van der Waals surface area (Å²) in [5, 5.41) is 3.12. The van der Waals surface area contributed by atoms with Crippen LogP contribution in [-0.4, -0.2) is 29.6 Å². The van der Waals surface area contributed by atoms with Gasteiger partial charge in [-0.3, -0.25) is 9.36 Å². The predicted molar refractivity (Wildman–Crippen MR) is 93.5 cm³/mol. The lowest BCUT2D eigenvalue weighted by Gasteiger charge is -2.18. The highest BCUT2D eigenvalue weighted by atomic mass is 35.5. The van der Waals surface area contributed by atoms with Crippen LogP contribution in [0.1, 0.15) is 26.7 Å². The Balaban J connectivity index is 2.05. The number of ether oxygens (including phenoxy) is 1. The zero-order chi connectivity index (χ0) is 18.6. The third kappa shape index (κ3) is 4.85. The number of carbonyl (C=O) groups is 2. The van der Waals surface area contributed by atoms with E-state index in [1.807, 2.05) is 13.8 Å². The lowest BCUT2D eigenvalue weighted by molar-refractivity contribution is -0.145. The van der Waals surface area contributed by atoms with Crippen molar-refractivity contribution in [1.29, 1.82) is 0 Å². The highest BCUT2D eigenvalue weighted by molar-refractivity contribution is 6.31. The maximum absolute atomic E-state index is 12.2. The fraction of sp³-hybridized carbons (Fsp3) is 0.471. The zero-order valence-corrected chi connectivity index (χ0v) is 15.1. The molecular weight excluding hydrogens is 348 g/mol. The number of aryl methyl sites for hydroxylation is 1. The second kappa shape index (κ2) is 8.20. The molecule has 1 unspecified atom stereocenters. The van der Waals surface area contributed by atoms with Crippen LogP contribution in [0.5, 0.6) is 0 Å². The number of amides is 1. The largest absolute Gasteiger partial charge is 0.467 e. The number of oxazole rings is 1. The lowest BCUT2D eigenvalue weighted by Crippen LogP contribution is -2.42. The molecule has 0 saturated heterocycles. The molecule has 0 aliphatic carbocycles. The lowest BCUT2D eigenvalue weighted by atomic mass is 10.0. The maximum atomic E-state index is 12.2. The van der Waals surface area contributed by atoms with E-state index >= 15 is 0 Å². The number of nitrogens with zero attached hydrogens (tertiary/aromatic N) is 1. The van der Waals surface area contributed by atoms with Crippen LogP contribution in [0.25, 0.3) is 11.1 Å². The Morgan fingerprint density at radius 2 is 2.08 bits per heavy atom. The first-order chi connectivity index (χ1) is 11.8. The van der Waals surface area contributed by atoms with Gasteiger partial charge >= 0.3 is 11.7 Å². The number of benzene rings is 1. The minimum atomic E-state index is -0.700. The van der Waals surface area contributed by atoms with Gasteiger partial charge in [0.05, 0.1) is 12.6 Å². The van der Waals surface area contributed by atoms with E-state index in [0.29, 0.717) is 22.5 Å². The van der Waals surface area contributed by atoms with Gasteiger partial charge in [-0.05, 0) is 24.5 Å². The van der Waals surface area contributed by atoms with Crippen molar-refractivity contribution < 1.29 is 18.7 Å². The van der Waals surface area contributed by atoms with Crippen LogP contribution in [0.4, 0.5) is 0 Å². The van der Waals surface area contributed by atoms with Gasteiger partial charge < -0.3 is 14.5 Å². The monoisotopic (exact) mass is 368 g/mol. The molecule has 0 radical (unpaired) electrons. The van der Waals surface area contributed by atoms with Crippen molar-refractivity contribution in [2.75, 3.05) is 7.11 Å². The number of esters is 1. The molecule has 0 fully saturated rings. The van der Waals surface area contributed by atoms with Crippen LogP contribution in [0.3, 0.4) is 0 Å². The topological polar surface area (TPSA) is 90.5 Å². The van der Waals surface area contributed by atoms with E-state index < -0.39 is 17.8 Å². The number of hydrogen-bond acceptors (Lipinski definition) is 5. The molecule has 1 N–H and O–H groups in total. The van der Waals surface area contributed by atoms with E-state index in [2.05, 4.69) is 5.32 Å². The Hall–Kier alpha value is -2.28. The van der Waals surface area contributed by atoms with Crippen molar-refractivity contribution in [3.63, 3.8) is 0 Å². The van der Waals surface area contributed by atoms with Crippen LogP contribution >= 0.6 is 11.6 Å². The molecule has 0 aliphatic heterocycles. The van der Waals surface area contributed by atoms with E-state index in [9.17, 15) is 14.4 Å². The second-order valence-electron chi connectivity index (χ2n) is 6.15. The fourth-order valence-electron chi connectivity index (χ4n) is 2.56. The maximum Gasteiger partial charge on any atom is 0.419 e. The molecular formula is C17H21ClN2O5. The summed E-state index contributed by atoms with van der Waals surface area (Å²) in [7, 11) is 1.28. The Labute approximate surface area is 149 Å². The molecule has 25 heavy (non-hydrogen) atoms. The first kappa shape index (κ1) is 19.1. The first-order valence-electron chi connectivity index (χ1n) is 7.98. The third-order valence-electron chi connectivity index (χ3n) is 3.72. The van der Waals surface area contributed by atoms with Gasteiger partial charge in [-0.15, -0.1) is 0 Å². The molecule has 2 aromatic rings. The average molecular weight is 369 g/mol. The number of nitrogens with one attached hydrogen (secondary N) is 1. The second-order valence-corrected chi connectivity index (χ2v) is 6.59. The van der Waals surface area contributed by atoms with Gasteiger partial charge in [0, 0.05) is 24.1 Å². The Morgan fingerprint density at radius 1 is 1.36 bits per heavy atom. The van der Waals surface area contributed by atoms with Crippen LogP contribution in [0.2, 0.25) is 5.02 Å².